The second-order valence-corrected chi connectivity index (χ2v) is 18.4. The highest BCUT2D eigenvalue weighted by Gasteiger charge is 2.38. The Hall–Kier alpha value is -7.86. The first-order valence-corrected chi connectivity index (χ1v) is 24.4. The number of aliphatic imine (C=N–C) groups is 2. The molecule has 0 aliphatic heterocycles. The summed E-state index contributed by atoms with van der Waals surface area (Å²) in [5, 5.41) is 58.9. The average Bonchev–Trinajstić information content (AvgIpc) is 3.34. The Morgan fingerprint density at radius 1 is 0.566 bits per heavy atom. The van der Waals surface area contributed by atoms with Crippen molar-refractivity contribution in [3.8, 4) is 5.75 Å². The van der Waals surface area contributed by atoms with E-state index < -0.39 is 144 Å². The van der Waals surface area contributed by atoms with Crippen molar-refractivity contribution in [2.75, 3.05) is 19.7 Å². The minimum Gasteiger partial charge on any atom is -0.508 e. The molecule has 1 rings (SSSR count). The van der Waals surface area contributed by atoms with Crippen LogP contribution in [0.4, 0.5) is 0 Å². The molecule has 0 radical (unpaired) electrons. The normalized spacial score (nSPS) is 15.3. The maximum absolute atomic E-state index is 14.3. The molecule has 0 bridgehead atoms. The summed E-state index contributed by atoms with van der Waals surface area (Å²) in [6, 6.07) is -8.06. The number of carbonyl (C=O) groups excluding carboxylic acids is 9. The zero-order chi connectivity index (χ0) is 58.0. The van der Waals surface area contributed by atoms with Crippen molar-refractivity contribution in [3.63, 3.8) is 0 Å². The Balaban J connectivity index is 3.56. The fourth-order valence-corrected chi connectivity index (χ4v) is 6.96. The van der Waals surface area contributed by atoms with Gasteiger partial charge in [-0.25, -0.2) is 0 Å². The van der Waals surface area contributed by atoms with Gasteiger partial charge >= 0.3 is 5.97 Å². The lowest BCUT2D eigenvalue weighted by atomic mass is 9.95. The molecule has 426 valence electrons. The first kappa shape index (κ1) is 66.2. The third-order valence-corrected chi connectivity index (χ3v) is 11.6. The van der Waals surface area contributed by atoms with Crippen molar-refractivity contribution in [1.29, 1.82) is 0 Å². The van der Waals surface area contributed by atoms with Crippen LogP contribution < -0.4 is 76.9 Å². The van der Waals surface area contributed by atoms with Crippen LogP contribution in [0.5, 0.6) is 5.75 Å². The number of guanidine groups is 2. The van der Waals surface area contributed by atoms with Crippen LogP contribution in [0, 0.1) is 11.8 Å². The highest BCUT2D eigenvalue weighted by Crippen LogP contribution is 2.15. The molecule has 11 atom stereocenters. The van der Waals surface area contributed by atoms with Crippen LogP contribution in [-0.4, -0.2) is 172 Å². The molecule has 1 aromatic carbocycles. The van der Waals surface area contributed by atoms with Gasteiger partial charge in [-0.1, -0.05) is 46.2 Å². The quantitative estimate of drug-likeness (QED) is 0.0173. The molecule has 76 heavy (non-hydrogen) atoms. The number of rotatable bonds is 34. The van der Waals surface area contributed by atoms with Crippen molar-refractivity contribution < 1.29 is 68.4 Å². The number of nitrogens with two attached hydrogens (primary N) is 6. The van der Waals surface area contributed by atoms with Gasteiger partial charge in [-0.3, -0.25) is 57.9 Å². The Labute approximate surface area is 439 Å². The third kappa shape index (κ3) is 24.0. The number of aromatic hydroxyl groups is 1. The molecule has 0 saturated heterocycles. The lowest BCUT2D eigenvalue weighted by Gasteiger charge is -2.31. The Morgan fingerprint density at radius 2 is 0.987 bits per heavy atom. The molecular formula is C46H78N16O14. The lowest BCUT2D eigenvalue weighted by molar-refractivity contribution is -0.142. The number of nitrogens with one attached hydrogen (secondary N) is 8. The summed E-state index contributed by atoms with van der Waals surface area (Å²) >= 11 is 0. The summed E-state index contributed by atoms with van der Waals surface area (Å²) in [7, 11) is 0. The van der Waals surface area contributed by atoms with Crippen molar-refractivity contribution in [2.45, 2.75) is 147 Å². The number of carbonyl (C=O) groups is 10. The molecule has 30 heteroatoms. The summed E-state index contributed by atoms with van der Waals surface area (Å²) in [5.74, 6) is -12.3. The Morgan fingerprint density at radius 3 is 1.45 bits per heavy atom. The van der Waals surface area contributed by atoms with Gasteiger partial charge in [0.15, 0.2) is 11.9 Å². The smallest absolute Gasteiger partial charge is 0.325 e. The molecule has 0 saturated carbocycles. The summed E-state index contributed by atoms with van der Waals surface area (Å²) in [6.45, 7) is 8.03. The number of aliphatic hydroxyl groups excluding tert-OH is 2. The Bertz CT molecular complexity index is 2210. The number of carboxylic acids is 1. The second-order valence-electron chi connectivity index (χ2n) is 18.4. The van der Waals surface area contributed by atoms with Crippen molar-refractivity contribution in [3.05, 3.63) is 29.8 Å². The van der Waals surface area contributed by atoms with E-state index in [0.717, 1.165) is 6.92 Å². The van der Waals surface area contributed by atoms with Crippen molar-refractivity contribution in [2.24, 2.45) is 56.2 Å². The number of phenols is 1. The topological polar surface area (TPSA) is 529 Å². The highest BCUT2D eigenvalue weighted by atomic mass is 16.4. The first-order valence-electron chi connectivity index (χ1n) is 24.4. The molecule has 24 N–H and O–H groups in total. The average molecular weight is 1080 g/mol. The fraction of sp³-hybridized carbons (Fsp3) is 0.609. The molecule has 1 aromatic rings. The largest absolute Gasteiger partial charge is 0.508 e. The fourth-order valence-electron chi connectivity index (χ4n) is 6.96. The molecule has 30 nitrogen and oxygen atoms in total. The van der Waals surface area contributed by atoms with Crippen molar-refractivity contribution in [1.82, 2.24) is 42.5 Å². The van der Waals surface area contributed by atoms with E-state index in [1.165, 1.54) is 31.2 Å². The maximum Gasteiger partial charge on any atom is 0.325 e. The zero-order valence-corrected chi connectivity index (χ0v) is 43.5. The molecular weight excluding hydrogens is 1000 g/mol. The minimum absolute atomic E-state index is 0.0200. The summed E-state index contributed by atoms with van der Waals surface area (Å²) < 4.78 is 0. The van der Waals surface area contributed by atoms with Crippen LogP contribution in [0.2, 0.25) is 0 Å². The summed E-state index contributed by atoms with van der Waals surface area (Å²) in [5.41, 5.74) is 33.0. The zero-order valence-electron chi connectivity index (χ0n) is 43.5. The highest BCUT2D eigenvalue weighted by molar-refractivity contribution is 5.99. The van der Waals surface area contributed by atoms with Gasteiger partial charge in [0.2, 0.25) is 53.2 Å². The SMILES string of the molecule is CCC(C)C(NC(=O)C(CC(N)=O)NC(=O)C(CCCN=C(N)N)NC(=O)C(N)CO)C(=O)NC(C(=O)NC(Cc1ccc(O)cc1)C(=O)NC(C(=O)NC(CCCN=C(N)N)C(=O)NC(C)C(=O)O)C(C)O)C(C)C. The monoisotopic (exact) mass is 1080 g/mol. The number of hydrogen-bond donors (Lipinski definition) is 18. The lowest BCUT2D eigenvalue weighted by Crippen LogP contribution is -2.63. The first-order chi connectivity index (χ1) is 35.5. The predicted octanol–water partition coefficient (Wildman–Crippen LogP) is -6.70. The number of hydrogen-bond acceptors (Lipinski definition) is 16. The van der Waals surface area contributed by atoms with Crippen LogP contribution >= 0.6 is 0 Å². The molecule has 0 spiro atoms. The third-order valence-electron chi connectivity index (χ3n) is 11.6. The predicted molar refractivity (Wildman–Crippen MR) is 275 cm³/mol. The van der Waals surface area contributed by atoms with E-state index in [2.05, 4.69) is 52.5 Å². The van der Waals surface area contributed by atoms with Crippen LogP contribution in [0.1, 0.15) is 85.6 Å². The van der Waals surface area contributed by atoms with Crippen LogP contribution in [0.25, 0.3) is 0 Å². The van der Waals surface area contributed by atoms with E-state index in [0.29, 0.717) is 5.56 Å². The van der Waals surface area contributed by atoms with Gasteiger partial charge in [0.25, 0.3) is 0 Å². The van der Waals surface area contributed by atoms with Crippen molar-refractivity contribution >= 4 is 71.1 Å². The van der Waals surface area contributed by atoms with Crippen LogP contribution in [0.15, 0.2) is 34.3 Å². The molecule has 0 aliphatic rings. The van der Waals surface area contributed by atoms with Gasteiger partial charge in [0.1, 0.15) is 60.1 Å². The van der Waals surface area contributed by atoms with E-state index >= 15 is 0 Å². The molecule has 0 aliphatic carbocycles. The number of aliphatic hydroxyl groups is 2. The van der Waals surface area contributed by atoms with Gasteiger partial charge in [-0.2, -0.15) is 0 Å². The van der Waals surface area contributed by atoms with Crippen LogP contribution in [-0.2, 0) is 54.4 Å². The summed E-state index contributed by atoms with van der Waals surface area (Å²) in [6.07, 6.45) is -2.43. The van der Waals surface area contributed by atoms with E-state index in [-0.39, 0.29) is 69.3 Å². The molecule has 11 unspecified atom stereocenters. The minimum atomic E-state index is -1.79. The van der Waals surface area contributed by atoms with Gasteiger partial charge < -0.3 is 97.4 Å². The second kappa shape index (κ2) is 33.1. The molecule has 0 fully saturated rings. The van der Waals surface area contributed by atoms with Gasteiger partial charge in [-0.15, -0.1) is 0 Å². The molecule has 0 heterocycles. The van der Waals surface area contributed by atoms with Gasteiger partial charge in [0, 0.05) is 19.5 Å². The maximum atomic E-state index is 14.3. The number of aliphatic carboxylic acids is 1. The van der Waals surface area contributed by atoms with E-state index in [9.17, 15) is 68.4 Å². The molecule has 0 aromatic heterocycles. The number of carboxylic acid groups (broad SMARTS) is 1. The van der Waals surface area contributed by atoms with Gasteiger partial charge in [0.05, 0.1) is 19.1 Å². The number of benzene rings is 1. The van der Waals surface area contributed by atoms with Gasteiger partial charge in [-0.05, 0) is 69.1 Å². The standard InChI is InChI=1S/C46H78N16O14/c1-7-22(4)34(61-40(71)31(19-32(48)66)58-38(69)29(11-9-17-54-46(51)52)56-36(67)27(47)20-63)42(73)60-33(21(2)3)41(72)59-30(18-25-12-14-26(65)15-13-25)39(70)62-35(24(6)64)43(74)57-28(10-8-16-53-45(49)50)37(68)55-23(5)44(75)76/h12-15,21-24,27-31,33-35,63-65H,7-11,16-20,47H2,1-6H3,(H2,48,66)(H,55,68)(H,56,67)(H,57,74)(H,58,69)(H,59,72)(H,60,73)(H,61,71)(H,62,70)(H,75,76)(H4,49,50,53)(H4,51,52,54). The number of primary amides is 1. The van der Waals surface area contributed by atoms with E-state index in [1.807, 2.05) is 0 Å². The van der Waals surface area contributed by atoms with E-state index in [4.69, 9.17) is 34.4 Å². The number of nitrogens with zero attached hydrogens (tertiary/aromatic N) is 2. The Kier molecular flexibility index (Phi) is 28.8. The number of amides is 9. The number of phenolic OH excluding ortho intramolecular Hbond substituents is 1. The molecule has 9 amide bonds. The summed E-state index contributed by atoms with van der Waals surface area (Å²) in [4.78, 5) is 141. The van der Waals surface area contributed by atoms with Crippen LogP contribution in [0.3, 0.4) is 0 Å². The van der Waals surface area contributed by atoms with E-state index in [1.54, 1.807) is 27.7 Å².